The summed E-state index contributed by atoms with van der Waals surface area (Å²) in [6, 6.07) is 69.7. The molecule has 0 saturated carbocycles. The number of ether oxygens (including phenoxy) is 4. The number of aromatic nitrogens is 1. The molecule has 0 radical (unpaired) electrons. The van der Waals surface area contributed by atoms with Gasteiger partial charge in [0.25, 0.3) is 20.1 Å². The minimum absolute atomic E-state index is 0.111. The van der Waals surface area contributed by atoms with Crippen molar-refractivity contribution in [1.82, 2.24) is 4.98 Å². The van der Waals surface area contributed by atoms with Crippen molar-refractivity contribution in [2.24, 2.45) is 0 Å². The van der Waals surface area contributed by atoms with Crippen LogP contribution in [0.4, 0.5) is 0 Å². The third kappa shape index (κ3) is 6.81. The largest absolute Gasteiger partial charge is 0.459 e. The molecule has 5 nitrogen and oxygen atoms in total. The zero-order valence-corrected chi connectivity index (χ0v) is 42.6. The van der Waals surface area contributed by atoms with Gasteiger partial charge in [-0.15, -0.1) is 0 Å². The van der Waals surface area contributed by atoms with Gasteiger partial charge < -0.3 is 18.9 Å². The zero-order valence-electron chi connectivity index (χ0n) is 42.6. The smallest absolute Gasteiger partial charge is 0.256 e. The summed E-state index contributed by atoms with van der Waals surface area (Å²) in [6.07, 6.45) is 3.74. The van der Waals surface area contributed by atoms with Gasteiger partial charge in [-0.2, -0.15) is 0 Å². The van der Waals surface area contributed by atoms with Gasteiger partial charge in [0.2, 0.25) is 7.28 Å². The van der Waals surface area contributed by atoms with E-state index in [0.717, 1.165) is 112 Å². The Kier molecular flexibility index (Phi) is 10.2. The molecule has 0 saturated heterocycles. The molecule has 356 valence electrons. The molecule has 4 aliphatic rings. The Morgan fingerprint density at radius 3 is 1.63 bits per heavy atom. The van der Waals surface area contributed by atoms with Gasteiger partial charge in [0.1, 0.15) is 46.0 Å². The first-order valence-electron chi connectivity index (χ1n) is 26.4. The van der Waals surface area contributed by atoms with Crippen LogP contribution in [0.15, 0.2) is 207 Å². The Hall–Kier alpha value is -8.93. The Balaban J connectivity index is 0.868. The first-order chi connectivity index (χ1) is 37.4. The van der Waals surface area contributed by atoms with Crippen LogP contribution < -0.4 is 79.0 Å². The molecule has 4 aliphatic heterocycles. The van der Waals surface area contributed by atoms with E-state index >= 15 is 0 Å². The second-order valence-electron chi connectivity index (χ2n) is 21.0. The summed E-state index contributed by atoms with van der Waals surface area (Å²) < 4.78 is 28.3. The van der Waals surface area contributed by atoms with Gasteiger partial charge in [0.05, 0.1) is 0 Å². The molecule has 5 heterocycles. The summed E-state index contributed by atoms with van der Waals surface area (Å²) in [4.78, 5) is 4.48. The minimum atomic E-state index is -0.135. The average Bonchev–Trinajstić information content (AvgIpc) is 3.47. The van der Waals surface area contributed by atoms with Crippen LogP contribution in [0.2, 0.25) is 0 Å². The molecule has 0 atom stereocenters. The highest BCUT2D eigenvalue weighted by Gasteiger charge is 2.45. The highest BCUT2D eigenvalue weighted by molar-refractivity contribution is 7.02. The van der Waals surface area contributed by atoms with E-state index in [1.165, 1.54) is 49.7 Å². The molecule has 0 fully saturated rings. The molecule has 0 spiro atoms. The fourth-order valence-electron chi connectivity index (χ4n) is 13.3. The lowest BCUT2D eigenvalue weighted by Crippen LogP contribution is -2.62. The number of benzene rings is 10. The molecule has 9 heteroatoms. The van der Waals surface area contributed by atoms with Crippen LogP contribution in [0.25, 0.3) is 33.0 Å². The number of para-hydroxylation sites is 3. The van der Waals surface area contributed by atoms with Crippen molar-refractivity contribution in [3.8, 4) is 68.2 Å². The third-order valence-electron chi connectivity index (χ3n) is 16.6. The van der Waals surface area contributed by atoms with E-state index < -0.39 is 0 Å². The molecular weight excluding hydrogens is 926 g/mol. The normalized spacial score (nSPS) is 13.2. The molecule has 0 N–H and O–H groups in total. The monoisotopic (exact) mass is 973 g/mol. The number of aryl methyl sites for hydroxylation is 4. The molecule has 76 heavy (non-hydrogen) atoms. The van der Waals surface area contributed by atoms with Crippen molar-refractivity contribution in [2.75, 3.05) is 0 Å². The number of fused-ring (bicyclic) bond motifs is 13. The standard InChI is InChI=1S/C67H47B4NO4/c1-39-17-16-18-40(2)60(39)71-53-25-12-14-27-56(53)75-65-48-22-9-8-21-47(48)62-67(64(65)71)76-57-28-15-11-24-52(57)70(62)61-41(3)35-45(36-42(61)4)43-29-31-46(32-30-43)69-51-23-10-13-26-55(51)73-58-37-49(44-19-6-5-7-20-44)59-66(63(58)69)74-54-33-34-72-38-50(54)68-59/h5-38,68H,1-4H3. The van der Waals surface area contributed by atoms with Crippen molar-refractivity contribution in [3.63, 3.8) is 0 Å². The van der Waals surface area contributed by atoms with E-state index in [9.17, 15) is 0 Å². The van der Waals surface area contributed by atoms with Crippen molar-refractivity contribution >= 4 is 98.3 Å². The van der Waals surface area contributed by atoms with E-state index in [1.54, 1.807) is 0 Å². The highest BCUT2D eigenvalue weighted by Crippen LogP contribution is 2.40. The van der Waals surface area contributed by atoms with E-state index in [-0.39, 0.29) is 20.1 Å². The van der Waals surface area contributed by atoms with Gasteiger partial charge >= 0.3 is 0 Å². The summed E-state index contributed by atoms with van der Waals surface area (Å²) >= 11 is 0. The molecule has 0 unspecified atom stereocenters. The number of pyridine rings is 1. The molecule has 11 aromatic rings. The molecule has 15 rings (SSSR count). The molecular formula is C67H47B4NO4. The number of rotatable bonds is 5. The third-order valence-corrected chi connectivity index (χ3v) is 16.6. The van der Waals surface area contributed by atoms with Crippen molar-refractivity contribution < 1.29 is 18.9 Å². The molecule has 0 bridgehead atoms. The van der Waals surface area contributed by atoms with Gasteiger partial charge in [0.15, 0.2) is 0 Å². The SMILES string of the molecule is Cc1cccc(C)c1B1c2ccccc2Oc2c1c1c(c3ccccc23)B(c2c(C)cc(-c3ccc(B4c5ccccc5Oc5cc(-c6ccccc6)c6c(c54)Oc4ccncc4B6)cc3)cc2C)c2ccccc2O1. The maximum Gasteiger partial charge on any atom is 0.256 e. The Morgan fingerprint density at radius 1 is 0.368 bits per heavy atom. The second kappa shape index (κ2) is 17.3. The van der Waals surface area contributed by atoms with Crippen LogP contribution in [0.3, 0.4) is 0 Å². The topological polar surface area (TPSA) is 49.8 Å². The summed E-state index contributed by atoms with van der Waals surface area (Å²) in [7, 11) is 0.706. The van der Waals surface area contributed by atoms with Crippen molar-refractivity contribution in [1.29, 1.82) is 0 Å². The summed E-state index contributed by atoms with van der Waals surface area (Å²) in [6.45, 7) is 8.68. The Labute approximate surface area is 444 Å². The van der Waals surface area contributed by atoms with Crippen molar-refractivity contribution in [2.45, 2.75) is 27.7 Å². The average molecular weight is 973 g/mol. The van der Waals surface area contributed by atoms with Crippen LogP contribution >= 0.6 is 0 Å². The van der Waals surface area contributed by atoms with Gasteiger partial charge in [-0.1, -0.05) is 202 Å². The van der Waals surface area contributed by atoms with Crippen LogP contribution in [0, 0.1) is 27.7 Å². The van der Waals surface area contributed by atoms with Gasteiger partial charge in [0, 0.05) is 28.7 Å². The predicted molar refractivity (Wildman–Crippen MR) is 317 cm³/mol. The lowest BCUT2D eigenvalue weighted by atomic mass is 9.30. The molecule has 1 aromatic heterocycles. The number of nitrogens with zero attached hydrogens (tertiary/aromatic N) is 1. The van der Waals surface area contributed by atoms with Gasteiger partial charge in [-0.25, -0.2) is 0 Å². The molecule has 10 aromatic carbocycles. The lowest BCUT2D eigenvalue weighted by molar-refractivity contribution is 0.469. The fraction of sp³-hybridized carbons (Fsp3) is 0.0597. The summed E-state index contributed by atoms with van der Waals surface area (Å²) in [5.41, 5.74) is 22.2. The number of hydrogen-bond donors (Lipinski definition) is 0. The van der Waals surface area contributed by atoms with Crippen molar-refractivity contribution in [3.05, 3.63) is 229 Å². The minimum Gasteiger partial charge on any atom is -0.459 e. The fourth-order valence-corrected chi connectivity index (χ4v) is 13.3. The van der Waals surface area contributed by atoms with E-state index in [2.05, 4.69) is 221 Å². The predicted octanol–water partition coefficient (Wildman–Crippen LogP) is 8.16. The molecule has 0 aliphatic carbocycles. The van der Waals surface area contributed by atoms with Crippen LogP contribution in [-0.2, 0) is 0 Å². The first kappa shape index (κ1) is 44.5. The Bertz CT molecular complexity index is 4190. The maximum absolute atomic E-state index is 7.33. The van der Waals surface area contributed by atoms with Gasteiger partial charge in [-0.05, 0) is 118 Å². The van der Waals surface area contributed by atoms with Crippen LogP contribution in [0.5, 0.6) is 46.0 Å². The van der Waals surface area contributed by atoms with Gasteiger partial charge in [-0.3, -0.25) is 4.98 Å². The van der Waals surface area contributed by atoms with Crippen LogP contribution in [0.1, 0.15) is 22.3 Å². The van der Waals surface area contributed by atoms with E-state index in [0.29, 0.717) is 7.28 Å². The van der Waals surface area contributed by atoms with E-state index in [4.69, 9.17) is 18.9 Å². The maximum atomic E-state index is 7.33. The van der Waals surface area contributed by atoms with Crippen LogP contribution in [-0.4, -0.2) is 32.4 Å². The summed E-state index contributed by atoms with van der Waals surface area (Å²) in [5.74, 6) is 6.87. The zero-order chi connectivity index (χ0) is 50.8. The van der Waals surface area contributed by atoms with E-state index in [1.807, 2.05) is 18.5 Å². The Morgan fingerprint density at radius 2 is 0.934 bits per heavy atom. The highest BCUT2D eigenvalue weighted by atomic mass is 16.5. The molecule has 0 amide bonds. The first-order valence-corrected chi connectivity index (χ1v) is 26.4. The summed E-state index contributed by atoms with van der Waals surface area (Å²) in [5, 5.41) is 2.22. The number of hydrogen-bond acceptors (Lipinski definition) is 5. The lowest BCUT2D eigenvalue weighted by Gasteiger charge is -2.36. The second-order valence-corrected chi connectivity index (χ2v) is 21.0. The quantitative estimate of drug-likeness (QED) is 0.163.